The SMILES string of the molecule is CCOC(=O)c1cc(-c2ccoc2)ncn1. The lowest BCUT2D eigenvalue weighted by Gasteiger charge is -2.01. The van der Waals surface area contributed by atoms with Crippen LogP contribution in [-0.2, 0) is 4.74 Å². The number of nitrogens with zero attached hydrogens (tertiary/aromatic N) is 2. The van der Waals surface area contributed by atoms with Crippen molar-refractivity contribution in [2.45, 2.75) is 6.92 Å². The van der Waals surface area contributed by atoms with Gasteiger partial charge in [-0.3, -0.25) is 0 Å². The van der Waals surface area contributed by atoms with Gasteiger partial charge in [0.15, 0.2) is 5.69 Å². The highest BCUT2D eigenvalue weighted by atomic mass is 16.5. The molecule has 0 bridgehead atoms. The molecule has 2 aromatic heterocycles. The average molecular weight is 218 g/mol. The summed E-state index contributed by atoms with van der Waals surface area (Å²) < 4.78 is 9.79. The molecule has 0 N–H and O–H groups in total. The summed E-state index contributed by atoms with van der Waals surface area (Å²) in [6.07, 6.45) is 4.42. The van der Waals surface area contributed by atoms with Crippen LogP contribution in [0.5, 0.6) is 0 Å². The van der Waals surface area contributed by atoms with Gasteiger partial charge in [-0.2, -0.15) is 0 Å². The van der Waals surface area contributed by atoms with E-state index in [-0.39, 0.29) is 5.69 Å². The van der Waals surface area contributed by atoms with Crippen LogP contribution in [0.1, 0.15) is 17.4 Å². The number of ether oxygens (including phenoxy) is 1. The molecule has 0 saturated carbocycles. The van der Waals surface area contributed by atoms with Crippen molar-refractivity contribution >= 4 is 5.97 Å². The molecule has 2 heterocycles. The Bertz CT molecular complexity index is 480. The van der Waals surface area contributed by atoms with Gasteiger partial charge in [-0.15, -0.1) is 0 Å². The van der Waals surface area contributed by atoms with Gasteiger partial charge in [0, 0.05) is 5.56 Å². The van der Waals surface area contributed by atoms with Crippen molar-refractivity contribution in [1.29, 1.82) is 0 Å². The molecule has 0 aliphatic carbocycles. The third kappa shape index (κ3) is 2.08. The first-order chi connectivity index (χ1) is 7.81. The number of hydrogen-bond acceptors (Lipinski definition) is 5. The summed E-state index contributed by atoms with van der Waals surface area (Å²) in [4.78, 5) is 19.3. The number of rotatable bonds is 3. The highest BCUT2D eigenvalue weighted by molar-refractivity contribution is 5.88. The normalized spacial score (nSPS) is 10.1. The molecular weight excluding hydrogens is 208 g/mol. The summed E-state index contributed by atoms with van der Waals surface area (Å²) in [5, 5.41) is 0. The molecule has 0 atom stereocenters. The molecule has 0 unspecified atom stereocenters. The first kappa shape index (κ1) is 10.4. The smallest absolute Gasteiger partial charge is 0.357 e. The Balaban J connectivity index is 2.30. The summed E-state index contributed by atoms with van der Waals surface area (Å²) in [7, 11) is 0. The fourth-order valence-electron chi connectivity index (χ4n) is 1.24. The fraction of sp³-hybridized carbons (Fsp3) is 0.182. The maximum atomic E-state index is 11.4. The Morgan fingerprint density at radius 2 is 2.38 bits per heavy atom. The molecule has 5 nitrogen and oxygen atoms in total. The number of hydrogen-bond donors (Lipinski definition) is 0. The van der Waals surface area contributed by atoms with E-state index in [2.05, 4.69) is 9.97 Å². The molecule has 0 saturated heterocycles. The molecule has 82 valence electrons. The van der Waals surface area contributed by atoms with Gasteiger partial charge in [0.2, 0.25) is 0 Å². The van der Waals surface area contributed by atoms with Gasteiger partial charge in [0.1, 0.15) is 6.33 Å². The first-order valence-corrected chi connectivity index (χ1v) is 4.83. The zero-order valence-corrected chi connectivity index (χ0v) is 8.71. The Morgan fingerprint density at radius 3 is 3.06 bits per heavy atom. The third-order valence-corrected chi connectivity index (χ3v) is 1.97. The van der Waals surface area contributed by atoms with Crippen LogP contribution < -0.4 is 0 Å². The highest BCUT2D eigenvalue weighted by Crippen LogP contribution is 2.17. The topological polar surface area (TPSA) is 65.2 Å². The molecule has 0 radical (unpaired) electrons. The standard InChI is InChI=1S/C11H10N2O3/c1-2-16-11(14)10-5-9(12-7-13-10)8-3-4-15-6-8/h3-7H,2H2,1H3. The molecule has 2 rings (SSSR count). The Kier molecular flexibility index (Phi) is 2.95. The Morgan fingerprint density at radius 1 is 1.50 bits per heavy atom. The lowest BCUT2D eigenvalue weighted by atomic mass is 10.2. The summed E-state index contributed by atoms with van der Waals surface area (Å²) in [6.45, 7) is 2.07. The molecule has 0 amide bonds. The van der Waals surface area contributed by atoms with Crippen LogP contribution in [0.2, 0.25) is 0 Å². The molecule has 0 aliphatic heterocycles. The van der Waals surface area contributed by atoms with E-state index in [0.717, 1.165) is 5.56 Å². The van der Waals surface area contributed by atoms with E-state index < -0.39 is 5.97 Å². The van der Waals surface area contributed by atoms with Crippen molar-refractivity contribution in [2.24, 2.45) is 0 Å². The highest BCUT2D eigenvalue weighted by Gasteiger charge is 2.10. The second kappa shape index (κ2) is 4.57. The van der Waals surface area contributed by atoms with Crippen LogP contribution in [0, 0.1) is 0 Å². The Hall–Kier alpha value is -2.17. The van der Waals surface area contributed by atoms with Gasteiger partial charge in [0.25, 0.3) is 0 Å². The third-order valence-electron chi connectivity index (χ3n) is 1.97. The molecule has 0 aliphatic rings. The van der Waals surface area contributed by atoms with Crippen molar-refractivity contribution in [2.75, 3.05) is 6.61 Å². The summed E-state index contributed by atoms with van der Waals surface area (Å²) in [6, 6.07) is 3.33. The van der Waals surface area contributed by atoms with Crippen molar-refractivity contribution in [3.05, 3.63) is 36.7 Å². The van der Waals surface area contributed by atoms with E-state index in [1.807, 2.05) is 0 Å². The van der Waals surface area contributed by atoms with Crippen LogP contribution in [0.4, 0.5) is 0 Å². The van der Waals surface area contributed by atoms with Crippen LogP contribution in [-0.4, -0.2) is 22.5 Å². The van der Waals surface area contributed by atoms with Crippen LogP contribution >= 0.6 is 0 Å². The number of furan rings is 1. The molecular formula is C11H10N2O3. The second-order valence-electron chi connectivity index (χ2n) is 3.02. The monoisotopic (exact) mass is 218 g/mol. The number of esters is 1. The predicted molar refractivity (Wildman–Crippen MR) is 55.7 cm³/mol. The summed E-state index contributed by atoms with van der Waals surface area (Å²) in [5.41, 5.74) is 1.67. The number of carbonyl (C=O) groups is 1. The average Bonchev–Trinajstić information content (AvgIpc) is 2.83. The van der Waals surface area contributed by atoms with Crippen LogP contribution in [0.15, 0.2) is 35.4 Å². The largest absolute Gasteiger partial charge is 0.472 e. The van der Waals surface area contributed by atoms with E-state index in [0.29, 0.717) is 12.3 Å². The minimum Gasteiger partial charge on any atom is -0.472 e. The van der Waals surface area contributed by atoms with E-state index in [1.165, 1.54) is 6.33 Å². The zero-order valence-electron chi connectivity index (χ0n) is 8.71. The Labute approximate surface area is 92.1 Å². The molecule has 16 heavy (non-hydrogen) atoms. The van der Waals surface area contributed by atoms with E-state index in [4.69, 9.17) is 9.15 Å². The maximum absolute atomic E-state index is 11.4. The van der Waals surface area contributed by atoms with E-state index >= 15 is 0 Å². The fourth-order valence-corrected chi connectivity index (χ4v) is 1.24. The van der Waals surface area contributed by atoms with Crippen molar-refractivity contribution in [1.82, 2.24) is 9.97 Å². The van der Waals surface area contributed by atoms with Gasteiger partial charge in [-0.1, -0.05) is 0 Å². The van der Waals surface area contributed by atoms with Gasteiger partial charge in [-0.25, -0.2) is 14.8 Å². The molecule has 2 aromatic rings. The zero-order chi connectivity index (χ0) is 11.4. The maximum Gasteiger partial charge on any atom is 0.357 e. The van der Waals surface area contributed by atoms with Gasteiger partial charge in [0.05, 0.1) is 24.8 Å². The van der Waals surface area contributed by atoms with Gasteiger partial charge >= 0.3 is 5.97 Å². The summed E-state index contributed by atoms with van der Waals surface area (Å²) in [5.74, 6) is -0.449. The number of carbonyl (C=O) groups excluding carboxylic acids is 1. The predicted octanol–water partition coefficient (Wildman–Crippen LogP) is 1.91. The van der Waals surface area contributed by atoms with Crippen molar-refractivity contribution in [3.8, 4) is 11.3 Å². The molecule has 0 aromatic carbocycles. The van der Waals surface area contributed by atoms with Gasteiger partial charge < -0.3 is 9.15 Å². The second-order valence-corrected chi connectivity index (χ2v) is 3.02. The van der Waals surface area contributed by atoms with Crippen molar-refractivity contribution < 1.29 is 13.9 Å². The minimum atomic E-state index is -0.449. The van der Waals surface area contributed by atoms with Crippen LogP contribution in [0.3, 0.4) is 0 Å². The summed E-state index contributed by atoms with van der Waals surface area (Å²) >= 11 is 0. The van der Waals surface area contributed by atoms with Crippen molar-refractivity contribution in [3.63, 3.8) is 0 Å². The van der Waals surface area contributed by atoms with Gasteiger partial charge in [-0.05, 0) is 19.1 Å². The van der Waals surface area contributed by atoms with Crippen LogP contribution in [0.25, 0.3) is 11.3 Å². The molecule has 0 fully saturated rings. The molecule has 0 spiro atoms. The lowest BCUT2D eigenvalue weighted by molar-refractivity contribution is 0.0519. The quantitative estimate of drug-likeness (QED) is 0.736. The van der Waals surface area contributed by atoms with E-state index in [9.17, 15) is 4.79 Å². The van der Waals surface area contributed by atoms with E-state index in [1.54, 1.807) is 31.6 Å². The number of aromatic nitrogens is 2. The lowest BCUT2D eigenvalue weighted by Crippen LogP contribution is -2.07. The minimum absolute atomic E-state index is 0.244. The first-order valence-electron chi connectivity index (χ1n) is 4.83. The molecule has 5 heteroatoms.